The molecule has 4 heteroatoms. The molecule has 1 fully saturated rings. The van der Waals surface area contributed by atoms with Gasteiger partial charge in [0.05, 0.1) is 6.07 Å². The molecule has 1 aliphatic carbocycles. The van der Waals surface area contributed by atoms with E-state index in [4.69, 9.17) is 5.26 Å². The summed E-state index contributed by atoms with van der Waals surface area (Å²) in [7, 11) is 0. The standard InChI is InChI=1S/C10H17N3O/c1-2-7-13(8-6-11)10(14)12-9-4-3-5-9/h9H,2-5,7-8H2,1H3,(H,12,14). The molecular formula is C10H17N3O. The van der Waals surface area contributed by atoms with E-state index < -0.39 is 0 Å². The molecule has 0 unspecified atom stereocenters. The van der Waals surface area contributed by atoms with E-state index in [-0.39, 0.29) is 12.6 Å². The average Bonchev–Trinajstić information content (AvgIpc) is 2.11. The van der Waals surface area contributed by atoms with Crippen molar-refractivity contribution in [2.75, 3.05) is 13.1 Å². The van der Waals surface area contributed by atoms with Gasteiger partial charge in [0.15, 0.2) is 0 Å². The van der Waals surface area contributed by atoms with Crippen LogP contribution in [0.5, 0.6) is 0 Å². The van der Waals surface area contributed by atoms with Crippen LogP contribution in [0.1, 0.15) is 32.6 Å². The van der Waals surface area contributed by atoms with Gasteiger partial charge in [0, 0.05) is 12.6 Å². The maximum absolute atomic E-state index is 11.6. The first-order valence-corrected chi connectivity index (χ1v) is 5.20. The second kappa shape index (κ2) is 5.48. The van der Waals surface area contributed by atoms with Gasteiger partial charge in [-0.3, -0.25) is 0 Å². The van der Waals surface area contributed by atoms with E-state index in [9.17, 15) is 4.79 Å². The molecule has 0 atom stereocenters. The molecule has 0 aromatic heterocycles. The Kier molecular flexibility index (Phi) is 4.24. The summed E-state index contributed by atoms with van der Waals surface area (Å²) in [6, 6.07) is 2.27. The second-order valence-electron chi connectivity index (χ2n) is 3.66. The van der Waals surface area contributed by atoms with E-state index in [1.807, 2.05) is 13.0 Å². The van der Waals surface area contributed by atoms with Crippen molar-refractivity contribution in [2.24, 2.45) is 0 Å². The predicted molar refractivity (Wildman–Crippen MR) is 53.6 cm³/mol. The SMILES string of the molecule is CCCN(CC#N)C(=O)NC1CCC1. The van der Waals surface area contributed by atoms with Crippen molar-refractivity contribution in [1.29, 1.82) is 5.26 Å². The van der Waals surface area contributed by atoms with Gasteiger partial charge in [0.2, 0.25) is 0 Å². The van der Waals surface area contributed by atoms with Crippen LogP contribution in [0.25, 0.3) is 0 Å². The molecule has 0 radical (unpaired) electrons. The van der Waals surface area contributed by atoms with Gasteiger partial charge in [0.1, 0.15) is 6.54 Å². The minimum atomic E-state index is -0.0851. The number of amides is 2. The third-order valence-electron chi connectivity index (χ3n) is 2.48. The monoisotopic (exact) mass is 195 g/mol. The van der Waals surface area contributed by atoms with Crippen molar-refractivity contribution < 1.29 is 4.79 Å². The number of nitriles is 1. The van der Waals surface area contributed by atoms with Gasteiger partial charge in [-0.05, 0) is 25.7 Å². The quantitative estimate of drug-likeness (QED) is 0.691. The second-order valence-corrected chi connectivity index (χ2v) is 3.66. The van der Waals surface area contributed by atoms with Gasteiger partial charge in [-0.1, -0.05) is 6.92 Å². The highest BCUT2D eigenvalue weighted by Crippen LogP contribution is 2.18. The molecule has 0 aliphatic heterocycles. The normalized spacial score (nSPS) is 15.4. The summed E-state index contributed by atoms with van der Waals surface area (Å²) < 4.78 is 0. The zero-order chi connectivity index (χ0) is 10.4. The number of hydrogen-bond acceptors (Lipinski definition) is 2. The van der Waals surface area contributed by atoms with E-state index in [2.05, 4.69) is 5.32 Å². The number of hydrogen-bond donors (Lipinski definition) is 1. The van der Waals surface area contributed by atoms with Crippen LogP contribution in [-0.4, -0.2) is 30.1 Å². The molecule has 2 amide bonds. The maximum Gasteiger partial charge on any atom is 0.318 e. The van der Waals surface area contributed by atoms with Crippen molar-refractivity contribution in [1.82, 2.24) is 10.2 Å². The molecule has 1 aliphatic rings. The van der Waals surface area contributed by atoms with Gasteiger partial charge in [-0.15, -0.1) is 0 Å². The van der Waals surface area contributed by atoms with Gasteiger partial charge < -0.3 is 10.2 Å². The first-order chi connectivity index (χ1) is 6.77. The zero-order valence-corrected chi connectivity index (χ0v) is 8.62. The van der Waals surface area contributed by atoms with Gasteiger partial charge in [-0.2, -0.15) is 5.26 Å². The van der Waals surface area contributed by atoms with E-state index in [0.29, 0.717) is 12.6 Å². The Morgan fingerprint density at radius 1 is 1.64 bits per heavy atom. The maximum atomic E-state index is 11.6. The number of rotatable bonds is 4. The van der Waals surface area contributed by atoms with Crippen LogP contribution in [0.3, 0.4) is 0 Å². The third kappa shape index (κ3) is 2.91. The molecule has 1 N–H and O–H groups in total. The van der Waals surface area contributed by atoms with Crippen LogP contribution in [-0.2, 0) is 0 Å². The summed E-state index contributed by atoms with van der Waals surface area (Å²) in [6.45, 7) is 2.85. The van der Waals surface area contributed by atoms with Gasteiger partial charge in [-0.25, -0.2) is 4.79 Å². The molecule has 0 aromatic carbocycles. The van der Waals surface area contributed by atoms with Crippen molar-refractivity contribution >= 4 is 6.03 Å². The Morgan fingerprint density at radius 3 is 2.79 bits per heavy atom. The highest BCUT2D eigenvalue weighted by molar-refractivity contribution is 5.74. The number of nitrogens with zero attached hydrogens (tertiary/aromatic N) is 2. The smallest absolute Gasteiger partial charge is 0.318 e. The Labute approximate surface area is 84.9 Å². The van der Waals surface area contributed by atoms with Crippen molar-refractivity contribution in [2.45, 2.75) is 38.6 Å². The fourth-order valence-electron chi connectivity index (χ4n) is 1.43. The molecule has 78 valence electrons. The van der Waals surface area contributed by atoms with E-state index in [1.165, 1.54) is 6.42 Å². The average molecular weight is 195 g/mol. The molecule has 0 heterocycles. The van der Waals surface area contributed by atoms with E-state index in [0.717, 1.165) is 19.3 Å². The number of urea groups is 1. The lowest BCUT2D eigenvalue weighted by Gasteiger charge is -2.29. The Morgan fingerprint density at radius 2 is 2.36 bits per heavy atom. The van der Waals surface area contributed by atoms with Crippen LogP contribution in [0.15, 0.2) is 0 Å². The molecule has 0 spiro atoms. The van der Waals surface area contributed by atoms with Crippen LogP contribution < -0.4 is 5.32 Å². The largest absolute Gasteiger partial charge is 0.335 e. The third-order valence-corrected chi connectivity index (χ3v) is 2.48. The lowest BCUT2D eigenvalue weighted by atomic mass is 9.93. The summed E-state index contributed by atoms with van der Waals surface area (Å²) in [4.78, 5) is 13.2. The fourth-order valence-corrected chi connectivity index (χ4v) is 1.43. The summed E-state index contributed by atoms with van der Waals surface area (Å²) in [5.41, 5.74) is 0. The first kappa shape index (κ1) is 10.8. The Balaban J connectivity index is 2.33. The molecule has 0 aromatic rings. The first-order valence-electron chi connectivity index (χ1n) is 5.20. The lowest BCUT2D eigenvalue weighted by Crippen LogP contribution is -2.47. The molecule has 0 bridgehead atoms. The Bertz CT molecular complexity index is 230. The van der Waals surface area contributed by atoms with Crippen LogP contribution in [0, 0.1) is 11.3 Å². The molecular weight excluding hydrogens is 178 g/mol. The van der Waals surface area contributed by atoms with E-state index >= 15 is 0 Å². The molecule has 14 heavy (non-hydrogen) atoms. The van der Waals surface area contributed by atoms with Gasteiger partial charge >= 0.3 is 6.03 Å². The van der Waals surface area contributed by atoms with Crippen LogP contribution in [0.4, 0.5) is 4.79 Å². The number of nitrogens with one attached hydrogen (secondary N) is 1. The molecule has 1 rings (SSSR count). The summed E-state index contributed by atoms with van der Waals surface area (Å²) in [6.07, 6.45) is 4.26. The number of carbonyl (C=O) groups excluding carboxylic acids is 1. The zero-order valence-electron chi connectivity index (χ0n) is 8.62. The summed E-state index contributed by atoms with van der Waals surface area (Å²) in [5.74, 6) is 0. The van der Waals surface area contributed by atoms with E-state index in [1.54, 1.807) is 4.90 Å². The number of carbonyl (C=O) groups is 1. The predicted octanol–water partition coefficient (Wildman–Crippen LogP) is 1.48. The minimum absolute atomic E-state index is 0.0851. The molecule has 4 nitrogen and oxygen atoms in total. The highest BCUT2D eigenvalue weighted by Gasteiger charge is 2.21. The summed E-state index contributed by atoms with van der Waals surface area (Å²) in [5, 5.41) is 11.5. The van der Waals surface area contributed by atoms with Crippen molar-refractivity contribution in [3.05, 3.63) is 0 Å². The molecule has 0 saturated heterocycles. The van der Waals surface area contributed by atoms with Crippen LogP contribution in [0.2, 0.25) is 0 Å². The topological polar surface area (TPSA) is 56.1 Å². The fraction of sp³-hybridized carbons (Fsp3) is 0.800. The van der Waals surface area contributed by atoms with Crippen LogP contribution >= 0.6 is 0 Å². The van der Waals surface area contributed by atoms with Crippen molar-refractivity contribution in [3.63, 3.8) is 0 Å². The lowest BCUT2D eigenvalue weighted by molar-refractivity contribution is 0.192. The van der Waals surface area contributed by atoms with Gasteiger partial charge in [0.25, 0.3) is 0 Å². The molecule has 1 saturated carbocycles. The Hall–Kier alpha value is -1.24. The van der Waals surface area contributed by atoms with Crippen molar-refractivity contribution in [3.8, 4) is 6.07 Å². The highest BCUT2D eigenvalue weighted by atomic mass is 16.2. The minimum Gasteiger partial charge on any atom is -0.335 e. The summed E-state index contributed by atoms with van der Waals surface area (Å²) >= 11 is 0.